The number of nitrogens with zero attached hydrogens (tertiary/aromatic N) is 2. The Morgan fingerprint density at radius 2 is 1.89 bits per heavy atom. The molecule has 0 aromatic heterocycles. The van der Waals surface area contributed by atoms with Crippen LogP contribution in [0.4, 0.5) is 0 Å². The van der Waals surface area contributed by atoms with Crippen molar-refractivity contribution in [3.05, 3.63) is 12.2 Å². The van der Waals surface area contributed by atoms with Crippen LogP contribution in [0, 0.1) is 0 Å². The van der Waals surface area contributed by atoms with Crippen molar-refractivity contribution < 1.29 is 24.2 Å². The van der Waals surface area contributed by atoms with Gasteiger partial charge in [-0.15, -0.1) is 0 Å². The number of carbonyl (C=O) groups is 2. The van der Waals surface area contributed by atoms with Crippen LogP contribution in [0.15, 0.2) is 12.2 Å². The van der Waals surface area contributed by atoms with E-state index in [0.717, 1.165) is 32.8 Å². The van der Waals surface area contributed by atoms with E-state index in [1.165, 1.54) is 6.92 Å². The molecule has 0 unspecified atom stereocenters. The molecule has 0 bridgehead atoms. The number of hydrogen-bond donors (Lipinski definition) is 2. The Labute approximate surface area is 166 Å². The summed E-state index contributed by atoms with van der Waals surface area (Å²) >= 11 is 0. The lowest BCUT2D eigenvalue weighted by atomic mass is 9.77. The third-order valence-electron chi connectivity index (χ3n) is 6.09. The Kier molecular flexibility index (Phi) is 6.75. The van der Waals surface area contributed by atoms with Crippen molar-refractivity contribution in [1.29, 1.82) is 0 Å². The molecule has 2 amide bonds. The smallest absolute Gasteiger partial charge is 0.246 e. The molecule has 0 aliphatic carbocycles. The van der Waals surface area contributed by atoms with Crippen LogP contribution in [0.5, 0.6) is 0 Å². The SMILES string of the molecule is CC(=O)N[C@H]1CC2(CCN(C(=O)/C=C/CN3CCOCC3)CC2)OC[C@]1(C)O. The zero-order valence-electron chi connectivity index (χ0n) is 17.0. The minimum Gasteiger partial charge on any atom is -0.386 e. The summed E-state index contributed by atoms with van der Waals surface area (Å²) in [5, 5.41) is 13.4. The van der Waals surface area contributed by atoms with Crippen LogP contribution in [0.1, 0.15) is 33.1 Å². The lowest BCUT2D eigenvalue weighted by Crippen LogP contribution is -2.63. The molecule has 8 heteroatoms. The molecule has 0 aromatic carbocycles. The summed E-state index contributed by atoms with van der Waals surface area (Å²) in [5.74, 6) is -0.121. The molecule has 2 atom stereocenters. The molecular weight excluding hydrogens is 362 g/mol. The Morgan fingerprint density at radius 1 is 1.21 bits per heavy atom. The molecule has 3 aliphatic rings. The van der Waals surface area contributed by atoms with Crippen molar-refractivity contribution in [3.8, 4) is 0 Å². The lowest BCUT2D eigenvalue weighted by Gasteiger charge is -2.50. The molecular formula is C20H33N3O5. The van der Waals surface area contributed by atoms with Gasteiger partial charge in [0.05, 0.1) is 31.5 Å². The van der Waals surface area contributed by atoms with Gasteiger partial charge in [0.1, 0.15) is 5.60 Å². The molecule has 3 rings (SSSR count). The molecule has 3 heterocycles. The molecule has 1 spiro atoms. The van der Waals surface area contributed by atoms with E-state index >= 15 is 0 Å². The zero-order chi connectivity index (χ0) is 20.2. The van der Waals surface area contributed by atoms with Crippen molar-refractivity contribution in [2.45, 2.75) is 50.4 Å². The highest BCUT2D eigenvalue weighted by Crippen LogP contribution is 2.38. The summed E-state index contributed by atoms with van der Waals surface area (Å²) in [5.41, 5.74) is -1.46. The summed E-state index contributed by atoms with van der Waals surface area (Å²) in [6.07, 6.45) is 5.58. The first kappa shape index (κ1) is 21.2. The van der Waals surface area contributed by atoms with E-state index in [9.17, 15) is 14.7 Å². The fraction of sp³-hybridized carbons (Fsp3) is 0.800. The maximum atomic E-state index is 12.5. The molecule has 0 saturated carbocycles. The summed E-state index contributed by atoms with van der Waals surface area (Å²) in [4.78, 5) is 28.1. The van der Waals surface area contributed by atoms with Crippen LogP contribution >= 0.6 is 0 Å². The first-order valence-electron chi connectivity index (χ1n) is 10.2. The zero-order valence-corrected chi connectivity index (χ0v) is 17.0. The number of morpholine rings is 1. The quantitative estimate of drug-likeness (QED) is 0.647. The first-order valence-corrected chi connectivity index (χ1v) is 10.2. The number of nitrogens with one attached hydrogen (secondary N) is 1. The number of piperidine rings is 1. The maximum Gasteiger partial charge on any atom is 0.246 e. The van der Waals surface area contributed by atoms with Gasteiger partial charge in [0, 0.05) is 45.7 Å². The Morgan fingerprint density at radius 3 is 2.54 bits per heavy atom. The largest absolute Gasteiger partial charge is 0.386 e. The number of amides is 2. The van der Waals surface area contributed by atoms with Crippen LogP contribution in [0.3, 0.4) is 0 Å². The molecule has 3 saturated heterocycles. The van der Waals surface area contributed by atoms with Gasteiger partial charge in [-0.25, -0.2) is 0 Å². The average molecular weight is 396 g/mol. The van der Waals surface area contributed by atoms with Gasteiger partial charge in [-0.2, -0.15) is 0 Å². The molecule has 28 heavy (non-hydrogen) atoms. The summed E-state index contributed by atoms with van der Waals surface area (Å²) in [6.45, 7) is 8.66. The number of carbonyl (C=O) groups excluding carboxylic acids is 2. The predicted octanol–water partition coefficient (Wildman–Crippen LogP) is -0.0880. The molecule has 0 aromatic rings. The van der Waals surface area contributed by atoms with E-state index in [1.807, 2.05) is 11.0 Å². The van der Waals surface area contributed by atoms with Crippen LogP contribution in [0.25, 0.3) is 0 Å². The van der Waals surface area contributed by atoms with Crippen molar-refractivity contribution in [1.82, 2.24) is 15.1 Å². The van der Waals surface area contributed by atoms with Gasteiger partial charge >= 0.3 is 0 Å². The topological polar surface area (TPSA) is 91.3 Å². The third-order valence-corrected chi connectivity index (χ3v) is 6.09. The van der Waals surface area contributed by atoms with Crippen molar-refractivity contribution >= 4 is 11.8 Å². The highest BCUT2D eigenvalue weighted by atomic mass is 16.5. The molecule has 3 aliphatic heterocycles. The first-order chi connectivity index (χ1) is 13.3. The van der Waals surface area contributed by atoms with E-state index in [2.05, 4.69) is 10.2 Å². The standard InChI is InChI=1S/C20H33N3O5/c1-16(24)21-17-14-20(28-15-19(17,2)26)5-8-23(9-6-20)18(25)4-3-7-22-10-12-27-13-11-22/h3-4,17,26H,5-15H2,1-2H3,(H,21,24)/b4-3+/t17-,19-/m0/s1. The van der Waals surface area contributed by atoms with Gasteiger partial charge in [0.2, 0.25) is 11.8 Å². The number of rotatable bonds is 4. The van der Waals surface area contributed by atoms with Gasteiger partial charge in [-0.3, -0.25) is 14.5 Å². The van der Waals surface area contributed by atoms with Crippen LogP contribution < -0.4 is 5.32 Å². The second-order valence-corrected chi connectivity index (χ2v) is 8.43. The molecule has 8 nitrogen and oxygen atoms in total. The van der Waals surface area contributed by atoms with E-state index in [4.69, 9.17) is 9.47 Å². The molecule has 2 N–H and O–H groups in total. The van der Waals surface area contributed by atoms with E-state index < -0.39 is 5.60 Å². The summed E-state index contributed by atoms with van der Waals surface area (Å²) < 4.78 is 11.4. The third kappa shape index (κ3) is 5.31. The summed E-state index contributed by atoms with van der Waals surface area (Å²) in [7, 11) is 0. The number of hydrogen-bond acceptors (Lipinski definition) is 6. The summed E-state index contributed by atoms with van der Waals surface area (Å²) in [6, 6.07) is -0.339. The minimum absolute atomic E-state index is 0.0318. The highest BCUT2D eigenvalue weighted by molar-refractivity contribution is 5.87. The fourth-order valence-corrected chi connectivity index (χ4v) is 4.18. The van der Waals surface area contributed by atoms with Gasteiger partial charge < -0.3 is 24.8 Å². The van der Waals surface area contributed by atoms with Crippen LogP contribution in [-0.4, -0.2) is 96.5 Å². The van der Waals surface area contributed by atoms with Crippen molar-refractivity contribution in [2.24, 2.45) is 0 Å². The normalized spacial score (nSPS) is 31.2. The van der Waals surface area contributed by atoms with Gasteiger partial charge in [-0.1, -0.05) is 6.08 Å². The van der Waals surface area contributed by atoms with Gasteiger partial charge in [-0.05, 0) is 26.2 Å². The van der Waals surface area contributed by atoms with E-state index in [0.29, 0.717) is 32.4 Å². The molecule has 0 radical (unpaired) electrons. The minimum atomic E-state index is -1.08. The second kappa shape index (κ2) is 8.90. The van der Waals surface area contributed by atoms with Gasteiger partial charge in [0.25, 0.3) is 0 Å². The number of ether oxygens (including phenoxy) is 2. The van der Waals surface area contributed by atoms with E-state index in [1.54, 1.807) is 13.0 Å². The Bertz CT molecular complexity index is 593. The predicted molar refractivity (Wildman–Crippen MR) is 104 cm³/mol. The Hall–Kier alpha value is -1.48. The lowest BCUT2D eigenvalue weighted by molar-refractivity contribution is -0.193. The van der Waals surface area contributed by atoms with Crippen molar-refractivity contribution in [2.75, 3.05) is 52.5 Å². The van der Waals surface area contributed by atoms with Crippen LogP contribution in [0.2, 0.25) is 0 Å². The monoisotopic (exact) mass is 395 g/mol. The number of aliphatic hydroxyl groups is 1. The second-order valence-electron chi connectivity index (χ2n) is 8.43. The fourth-order valence-electron chi connectivity index (χ4n) is 4.18. The van der Waals surface area contributed by atoms with E-state index in [-0.39, 0.29) is 30.1 Å². The maximum absolute atomic E-state index is 12.5. The molecule has 158 valence electrons. The van der Waals surface area contributed by atoms with Crippen LogP contribution in [-0.2, 0) is 19.1 Å². The van der Waals surface area contributed by atoms with Crippen molar-refractivity contribution in [3.63, 3.8) is 0 Å². The van der Waals surface area contributed by atoms with Gasteiger partial charge in [0.15, 0.2) is 0 Å². The highest BCUT2D eigenvalue weighted by Gasteiger charge is 2.48. The number of likely N-dealkylation sites (tertiary alicyclic amines) is 1. The average Bonchev–Trinajstić information content (AvgIpc) is 2.66. The molecule has 3 fully saturated rings. The Balaban J connectivity index is 1.49.